The van der Waals surface area contributed by atoms with E-state index in [0.717, 1.165) is 6.42 Å². The fourth-order valence-electron chi connectivity index (χ4n) is 2.41. The van der Waals surface area contributed by atoms with Crippen LogP contribution in [0.2, 0.25) is 0 Å². The summed E-state index contributed by atoms with van der Waals surface area (Å²) in [6, 6.07) is 0. The van der Waals surface area contributed by atoms with Crippen LogP contribution in [0, 0.1) is 6.92 Å². The average molecular weight is 256 g/mol. The molecule has 0 aliphatic carbocycles. The van der Waals surface area contributed by atoms with E-state index >= 15 is 0 Å². The standard InChI is InChI=1S/C12H20N2S2/c1-5-10-8(2)16-11(14-10)12(13-4)6-7-15-9(12)3/h9,13H,5-7H2,1-4H3. The van der Waals surface area contributed by atoms with E-state index in [1.807, 2.05) is 11.3 Å². The molecular formula is C12H20N2S2. The predicted molar refractivity (Wildman–Crippen MR) is 73.5 cm³/mol. The number of hydrogen-bond acceptors (Lipinski definition) is 4. The van der Waals surface area contributed by atoms with Crippen LogP contribution in [0.25, 0.3) is 0 Å². The second kappa shape index (κ2) is 4.67. The van der Waals surface area contributed by atoms with Crippen LogP contribution >= 0.6 is 23.1 Å². The Morgan fingerprint density at radius 1 is 1.56 bits per heavy atom. The van der Waals surface area contributed by atoms with Crippen molar-refractivity contribution in [2.75, 3.05) is 12.8 Å². The van der Waals surface area contributed by atoms with Crippen LogP contribution in [0.15, 0.2) is 0 Å². The molecule has 4 heteroatoms. The highest BCUT2D eigenvalue weighted by molar-refractivity contribution is 8.00. The maximum absolute atomic E-state index is 4.85. The fraction of sp³-hybridized carbons (Fsp3) is 0.750. The molecule has 1 aromatic rings. The van der Waals surface area contributed by atoms with E-state index in [-0.39, 0.29) is 5.54 Å². The minimum Gasteiger partial charge on any atom is -0.308 e. The topological polar surface area (TPSA) is 24.9 Å². The third-order valence-corrected chi connectivity index (χ3v) is 6.15. The van der Waals surface area contributed by atoms with Gasteiger partial charge in [-0.15, -0.1) is 11.3 Å². The summed E-state index contributed by atoms with van der Waals surface area (Å²) in [5, 5.41) is 5.45. The van der Waals surface area contributed by atoms with E-state index in [4.69, 9.17) is 4.98 Å². The molecule has 90 valence electrons. The molecule has 1 aliphatic rings. The number of hydrogen-bond donors (Lipinski definition) is 1. The molecule has 0 aromatic carbocycles. The Balaban J connectivity index is 2.40. The SMILES string of the molecule is CCc1nc(C2(NC)CCSC2C)sc1C. The number of aromatic nitrogens is 1. The smallest absolute Gasteiger partial charge is 0.114 e. The second-order valence-corrected chi connectivity index (χ2v) is 7.01. The molecule has 0 spiro atoms. The van der Waals surface area contributed by atoms with Gasteiger partial charge in [0.25, 0.3) is 0 Å². The van der Waals surface area contributed by atoms with Gasteiger partial charge in [-0.2, -0.15) is 11.8 Å². The van der Waals surface area contributed by atoms with Crippen molar-refractivity contribution in [1.82, 2.24) is 10.3 Å². The lowest BCUT2D eigenvalue weighted by atomic mass is 9.94. The minimum absolute atomic E-state index is 0.119. The van der Waals surface area contributed by atoms with E-state index in [9.17, 15) is 0 Å². The largest absolute Gasteiger partial charge is 0.308 e. The van der Waals surface area contributed by atoms with Crippen molar-refractivity contribution >= 4 is 23.1 Å². The van der Waals surface area contributed by atoms with Crippen molar-refractivity contribution in [1.29, 1.82) is 0 Å². The van der Waals surface area contributed by atoms with Gasteiger partial charge in [0, 0.05) is 10.1 Å². The van der Waals surface area contributed by atoms with Crippen LogP contribution in [0.1, 0.15) is 35.8 Å². The van der Waals surface area contributed by atoms with Crippen LogP contribution in [0.3, 0.4) is 0 Å². The molecule has 1 aliphatic heterocycles. The molecule has 2 heterocycles. The summed E-state index contributed by atoms with van der Waals surface area (Å²) in [6.45, 7) is 6.69. The molecule has 16 heavy (non-hydrogen) atoms. The van der Waals surface area contributed by atoms with Gasteiger partial charge in [0.05, 0.1) is 11.2 Å². The van der Waals surface area contributed by atoms with Crippen molar-refractivity contribution in [2.45, 2.75) is 44.4 Å². The monoisotopic (exact) mass is 256 g/mol. The van der Waals surface area contributed by atoms with Crippen LogP contribution in [0.4, 0.5) is 0 Å². The Labute approximate surface area is 106 Å². The molecule has 1 saturated heterocycles. The van der Waals surface area contributed by atoms with Gasteiger partial charge in [-0.25, -0.2) is 4.98 Å². The molecule has 0 saturated carbocycles. The number of thioether (sulfide) groups is 1. The highest BCUT2D eigenvalue weighted by Gasteiger charge is 2.43. The molecule has 2 unspecified atom stereocenters. The number of nitrogens with one attached hydrogen (secondary N) is 1. The minimum atomic E-state index is 0.119. The van der Waals surface area contributed by atoms with Crippen molar-refractivity contribution in [2.24, 2.45) is 0 Å². The first-order valence-electron chi connectivity index (χ1n) is 5.91. The van der Waals surface area contributed by atoms with Gasteiger partial charge < -0.3 is 5.32 Å². The van der Waals surface area contributed by atoms with Crippen LogP contribution in [-0.2, 0) is 12.0 Å². The Bertz CT molecular complexity index is 375. The van der Waals surface area contributed by atoms with Gasteiger partial charge in [0.2, 0.25) is 0 Å². The average Bonchev–Trinajstić information content (AvgIpc) is 2.82. The fourth-order valence-corrected chi connectivity index (χ4v) is 5.22. The lowest BCUT2D eigenvalue weighted by Gasteiger charge is -2.30. The highest BCUT2D eigenvalue weighted by Crippen LogP contribution is 2.44. The molecule has 1 N–H and O–H groups in total. The summed E-state index contributed by atoms with van der Waals surface area (Å²) >= 11 is 3.93. The van der Waals surface area contributed by atoms with E-state index in [0.29, 0.717) is 5.25 Å². The maximum Gasteiger partial charge on any atom is 0.114 e. The molecule has 1 aromatic heterocycles. The Morgan fingerprint density at radius 2 is 2.31 bits per heavy atom. The van der Waals surface area contributed by atoms with Crippen molar-refractivity contribution in [3.05, 3.63) is 15.6 Å². The number of nitrogens with zero attached hydrogens (tertiary/aromatic N) is 1. The Kier molecular flexibility index (Phi) is 3.62. The zero-order chi connectivity index (χ0) is 11.8. The molecule has 2 atom stereocenters. The molecule has 2 nitrogen and oxygen atoms in total. The number of rotatable bonds is 3. The van der Waals surface area contributed by atoms with Gasteiger partial charge in [0.1, 0.15) is 5.01 Å². The predicted octanol–water partition coefficient (Wildman–Crippen LogP) is 2.95. The van der Waals surface area contributed by atoms with Crippen molar-refractivity contribution in [3.63, 3.8) is 0 Å². The lowest BCUT2D eigenvalue weighted by molar-refractivity contribution is 0.361. The van der Waals surface area contributed by atoms with Gasteiger partial charge in [-0.1, -0.05) is 13.8 Å². The van der Waals surface area contributed by atoms with E-state index in [1.54, 1.807) is 0 Å². The normalized spacial score (nSPS) is 29.9. The third kappa shape index (κ3) is 1.81. The van der Waals surface area contributed by atoms with Gasteiger partial charge >= 0.3 is 0 Å². The zero-order valence-electron chi connectivity index (χ0n) is 10.5. The highest BCUT2D eigenvalue weighted by atomic mass is 32.2. The quantitative estimate of drug-likeness (QED) is 0.900. The van der Waals surface area contributed by atoms with Crippen LogP contribution in [-0.4, -0.2) is 23.0 Å². The summed E-state index contributed by atoms with van der Waals surface area (Å²) in [6.07, 6.45) is 2.25. The maximum atomic E-state index is 4.85. The van der Waals surface area contributed by atoms with Crippen molar-refractivity contribution < 1.29 is 0 Å². The second-order valence-electron chi connectivity index (χ2n) is 4.36. The van der Waals surface area contributed by atoms with Crippen LogP contribution in [0.5, 0.6) is 0 Å². The third-order valence-electron chi connectivity index (χ3n) is 3.61. The lowest BCUT2D eigenvalue weighted by Crippen LogP contribution is -2.44. The number of aryl methyl sites for hydroxylation is 2. The molecule has 1 fully saturated rings. The number of thiazole rings is 1. The van der Waals surface area contributed by atoms with Gasteiger partial charge in [0.15, 0.2) is 0 Å². The van der Waals surface area contributed by atoms with Gasteiger partial charge in [-0.3, -0.25) is 0 Å². The van der Waals surface area contributed by atoms with Crippen LogP contribution < -0.4 is 5.32 Å². The van der Waals surface area contributed by atoms with Gasteiger partial charge in [-0.05, 0) is 32.6 Å². The first kappa shape index (κ1) is 12.4. The first-order valence-corrected chi connectivity index (χ1v) is 7.78. The first-order chi connectivity index (χ1) is 7.64. The van der Waals surface area contributed by atoms with Crippen molar-refractivity contribution in [3.8, 4) is 0 Å². The van der Waals surface area contributed by atoms with E-state index in [2.05, 4.69) is 44.9 Å². The Morgan fingerprint density at radius 3 is 2.75 bits per heavy atom. The molecule has 0 bridgehead atoms. The summed E-state index contributed by atoms with van der Waals surface area (Å²) in [7, 11) is 2.07. The van der Waals surface area contributed by atoms with E-state index in [1.165, 1.54) is 27.8 Å². The van der Waals surface area contributed by atoms with E-state index < -0.39 is 0 Å². The molecule has 0 radical (unpaired) electrons. The Hall–Kier alpha value is -0.0600. The summed E-state index contributed by atoms with van der Waals surface area (Å²) in [5.74, 6) is 1.24. The summed E-state index contributed by atoms with van der Waals surface area (Å²) in [5.41, 5.74) is 1.40. The molecule has 0 amide bonds. The summed E-state index contributed by atoms with van der Waals surface area (Å²) < 4.78 is 0. The summed E-state index contributed by atoms with van der Waals surface area (Å²) in [4.78, 5) is 6.23. The molecule has 2 rings (SSSR count). The molecular weight excluding hydrogens is 236 g/mol. The zero-order valence-corrected chi connectivity index (χ0v) is 12.1.